The highest BCUT2D eigenvalue weighted by molar-refractivity contribution is 9.11. The summed E-state index contributed by atoms with van der Waals surface area (Å²) in [6.07, 6.45) is 0. The monoisotopic (exact) mass is 402 g/mol. The van der Waals surface area contributed by atoms with Gasteiger partial charge in [0.05, 0.1) is 12.2 Å². The molecule has 0 radical (unpaired) electrons. The topological polar surface area (TPSA) is 63.0 Å². The van der Waals surface area contributed by atoms with E-state index in [9.17, 15) is 0 Å². The second-order valence-corrected chi connectivity index (χ2v) is 7.03. The van der Waals surface area contributed by atoms with E-state index in [1.54, 1.807) is 0 Å². The third kappa shape index (κ3) is 4.29. The lowest BCUT2D eigenvalue weighted by Crippen LogP contribution is -2.35. The maximum Gasteiger partial charge on any atom is 0.320 e. The maximum atomic E-state index is 5.56. The number of aromatic nitrogens is 2. The lowest BCUT2D eigenvalue weighted by Gasteiger charge is -2.18. The van der Waals surface area contributed by atoms with Crippen LogP contribution < -0.4 is 10.6 Å². The van der Waals surface area contributed by atoms with Gasteiger partial charge in [0.2, 0.25) is 5.89 Å². The predicted molar refractivity (Wildman–Crippen MR) is 86.0 cm³/mol. The van der Waals surface area contributed by atoms with Crippen LogP contribution in [0.1, 0.15) is 26.7 Å². The van der Waals surface area contributed by atoms with Gasteiger partial charge in [-0.3, -0.25) is 0 Å². The summed E-state index contributed by atoms with van der Waals surface area (Å²) in [5, 5.41) is 14.4. The average molecular weight is 404 g/mol. The highest BCUT2D eigenvalue weighted by Crippen LogP contribution is 2.32. The summed E-state index contributed by atoms with van der Waals surface area (Å²) >= 11 is 6.95. The van der Waals surface area contributed by atoms with Crippen LogP contribution in [0.3, 0.4) is 0 Å². The van der Waals surface area contributed by atoms with Gasteiger partial charge in [-0.15, -0.1) is 5.10 Å². The van der Waals surface area contributed by atoms with Crippen molar-refractivity contribution in [1.29, 1.82) is 0 Å². The summed E-state index contributed by atoms with van der Waals surface area (Å²) in [6.45, 7) is 6.79. The Morgan fingerprint density at radius 2 is 1.80 bits per heavy atom. The second kappa shape index (κ2) is 6.24. The molecule has 0 atom stereocenters. The van der Waals surface area contributed by atoms with Crippen LogP contribution in [0, 0.1) is 0 Å². The average Bonchev–Trinajstić information content (AvgIpc) is 2.79. The van der Waals surface area contributed by atoms with Gasteiger partial charge in [-0.25, -0.2) is 0 Å². The van der Waals surface area contributed by atoms with E-state index in [0.29, 0.717) is 18.5 Å². The first-order chi connectivity index (χ1) is 9.35. The normalized spacial score (nSPS) is 11.7. The van der Waals surface area contributed by atoms with Crippen LogP contribution in [0.15, 0.2) is 31.6 Å². The first kappa shape index (κ1) is 15.5. The van der Waals surface area contributed by atoms with Crippen molar-refractivity contribution in [2.45, 2.75) is 32.9 Å². The molecule has 0 bridgehead atoms. The Balaban J connectivity index is 2.06. The number of anilines is 2. The van der Waals surface area contributed by atoms with Gasteiger partial charge in [0.1, 0.15) is 0 Å². The Hall–Kier alpha value is -0.920. The number of benzene rings is 1. The molecule has 108 valence electrons. The van der Waals surface area contributed by atoms with Crippen molar-refractivity contribution in [2.75, 3.05) is 5.32 Å². The Bertz CT molecular complexity index is 572. The Morgan fingerprint density at radius 1 is 1.15 bits per heavy atom. The number of nitrogens with one attached hydrogen (secondary N) is 2. The first-order valence-electron chi connectivity index (χ1n) is 6.13. The summed E-state index contributed by atoms with van der Waals surface area (Å²) in [5.41, 5.74) is 0.861. The molecule has 0 amide bonds. The Labute approximate surface area is 134 Å². The van der Waals surface area contributed by atoms with Gasteiger partial charge in [-0.2, -0.15) is 0 Å². The van der Waals surface area contributed by atoms with Crippen molar-refractivity contribution in [1.82, 2.24) is 15.5 Å². The van der Waals surface area contributed by atoms with Gasteiger partial charge in [-0.05, 0) is 64.8 Å². The van der Waals surface area contributed by atoms with E-state index in [2.05, 4.69) is 73.5 Å². The molecule has 0 aliphatic heterocycles. The number of hydrogen-bond donors (Lipinski definition) is 2. The van der Waals surface area contributed by atoms with Crippen LogP contribution >= 0.6 is 31.9 Å². The minimum atomic E-state index is 0.00749. The summed E-state index contributed by atoms with van der Waals surface area (Å²) in [7, 11) is 0. The van der Waals surface area contributed by atoms with Crippen LogP contribution in [0.4, 0.5) is 11.7 Å². The number of nitrogens with zero attached hydrogens (tertiary/aromatic N) is 2. The fourth-order valence-electron chi connectivity index (χ4n) is 1.44. The molecule has 7 heteroatoms. The molecule has 2 aromatic rings. The van der Waals surface area contributed by atoms with Gasteiger partial charge in [0.15, 0.2) is 0 Å². The third-order valence-electron chi connectivity index (χ3n) is 2.43. The van der Waals surface area contributed by atoms with E-state index in [1.807, 2.05) is 18.2 Å². The molecule has 0 unspecified atom stereocenters. The third-order valence-corrected chi connectivity index (χ3v) is 3.75. The minimum absolute atomic E-state index is 0.00749. The molecule has 1 aromatic carbocycles. The number of para-hydroxylation sites is 1. The molecular formula is C13H16Br2N4O. The highest BCUT2D eigenvalue weighted by Gasteiger charge is 2.13. The smallest absolute Gasteiger partial charge is 0.320 e. The van der Waals surface area contributed by atoms with E-state index in [-0.39, 0.29) is 5.54 Å². The van der Waals surface area contributed by atoms with Crippen LogP contribution in [0.25, 0.3) is 0 Å². The molecule has 2 N–H and O–H groups in total. The summed E-state index contributed by atoms with van der Waals surface area (Å²) in [4.78, 5) is 0. The Kier molecular flexibility index (Phi) is 4.82. The van der Waals surface area contributed by atoms with Gasteiger partial charge >= 0.3 is 6.01 Å². The molecule has 0 saturated carbocycles. The lowest BCUT2D eigenvalue weighted by atomic mass is 10.1. The molecule has 20 heavy (non-hydrogen) atoms. The van der Waals surface area contributed by atoms with E-state index in [1.165, 1.54) is 0 Å². The van der Waals surface area contributed by atoms with E-state index in [4.69, 9.17) is 4.42 Å². The fraction of sp³-hybridized carbons (Fsp3) is 0.385. The largest absolute Gasteiger partial charge is 0.406 e. The molecule has 1 heterocycles. The molecule has 0 fully saturated rings. The standard InChI is InChI=1S/C13H16Br2N4O/c1-13(2,3)16-7-10-18-19-12(20-10)17-11-8(14)5-4-6-9(11)15/h4-6,16H,7H2,1-3H3,(H,17,19). The summed E-state index contributed by atoms with van der Waals surface area (Å²) < 4.78 is 7.39. The zero-order valence-corrected chi connectivity index (χ0v) is 14.7. The van der Waals surface area contributed by atoms with E-state index < -0.39 is 0 Å². The van der Waals surface area contributed by atoms with Crippen molar-refractivity contribution in [3.63, 3.8) is 0 Å². The van der Waals surface area contributed by atoms with Crippen molar-refractivity contribution in [2.24, 2.45) is 0 Å². The SMILES string of the molecule is CC(C)(C)NCc1nnc(Nc2c(Br)cccc2Br)o1. The summed E-state index contributed by atoms with van der Waals surface area (Å²) in [5.74, 6) is 0.547. The minimum Gasteiger partial charge on any atom is -0.406 e. The predicted octanol–water partition coefficient (Wildman–Crippen LogP) is 4.23. The molecule has 0 aliphatic rings. The van der Waals surface area contributed by atoms with E-state index in [0.717, 1.165) is 14.6 Å². The van der Waals surface area contributed by atoms with Crippen LogP contribution in [-0.4, -0.2) is 15.7 Å². The maximum absolute atomic E-state index is 5.56. The number of hydrogen-bond acceptors (Lipinski definition) is 5. The van der Waals surface area contributed by atoms with Gasteiger partial charge in [0.25, 0.3) is 0 Å². The highest BCUT2D eigenvalue weighted by atomic mass is 79.9. The second-order valence-electron chi connectivity index (χ2n) is 5.33. The van der Waals surface area contributed by atoms with E-state index >= 15 is 0 Å². The fourth-order valence-corrected chi connectivity index (χ4v) is 2.64. The molecule has 1 aromatic heterocycles. The van der Waals surface area contributed by atoms with Crippen molar-refractivity contribution in [3.05, 3.63) is 33.0 Å². The van der Waals surface area contributed by atoms with Crippen molar-refractivity contribution >= 4 is 43.6 Å². The number of halogens is 2. The molecule has 0 spiro atoms. The van der Waals surface area contributed by atoms with Gasteiger partial charge in [-0.1, -0.05) is 11.2 Å². The van der Waals surface area contributed by atoms with Crippen LogP contribution in [0.5, 0.6) is 0 Å². The van der Waals surface area contributed by atoms with Gasteiger partial charge < -0.3 is 15.1 Å². The van der Waals surface area contributed by atoms with Gasteiger partial charge in [0, 0.05) is 14.5 Å². The van der Waals surface area contributed by atoms with Crippen LogP contribution in [-0.2, 0) is 6.54 Å². The van der Waals surface area contributed by atoms with Crippen LogP contribution in [0.2, 0.25) is 0 Å². The molecule has 0 saturated heterocycles. The van der Waals surface area contributed by atoms with Crippen molar-refractivity contribution < 1.29 is 4.42 Å². The quantitative estimate of drug-likeness (QED) is 0.799. The molecule has 0 aliphatic carbocycles. The lowest BCUT2D eigenvalue weighted by molar-refractivity contribution is 0.384. The van der Waals surface area contributed by atoms with Crippen molar-refractivity contribution in [3.8, 4) is 0 Å². The molecular weight excluding hydrogens is 388 g/mol. The molecule has 5 nitrogen and oxygen atoms in total. The number of rotatable bonds is 4. The first-order valence-corrected chi connectivity index (χ1v) is 7.72. The zero-order chi connectivity index (χ0) is 14.8. The Morgan fingerprint density at radius 3 is 2.40 bits per heavy atom. The summed E-state index contributed by atoms with van der Waals surface area (Å²) in [6, 6.07) is 6.17. The molecule has 2 rings (SSSR count). The zero-order valence-electron chi connectivity index (χ0n) is 11.5.